The third kappa shape index (κ3) is 6.33. The van der Waals surface area contributed by atoms with E-state index in [1.807, 2.05) is 36.4 Å². The van der Waals surface area contributed by atoms with E-state index in [9.17, 15) is 14.7 Å². The molecule has 166 valence electrons. The Bertz CT molecular complexity index is 845. The first-order chi connectivity index (χ1) is 15.1. The Morgan fingerprint density at radius 3 is 2.19 bits per heavy atom. The Labute approximate surface area is 185 Å². The summed E-state index contributed by atoms with van der Waals surface area (Å²) in [5.74, 6) is -0.269. The average Bonchev–Trinajstić information content (AvgIpc) is 3.29. The number of carbonyl (C=O) groups excluding carboxylic acids is 1. The number of amides is 1. The normalized spacial score (nSPS) is 15.8. The van der Waals surface area contributed by atoms with Gasteiger partial charge in [-0.2, -0.15) is 0 Å². The largest absolute Gasteiger partial charge is 0.494 e. The lowest BCUT2D eigenvalue weighted by Crippen LogP contribution is -2.40. The first-order valence-corrected chi connectivity index (χ1v) is 11.5. The zero-order chi connectivity index (χ0) is 22.1. The smallest absolute Gasteiger partial charge is 0.326 e. The zero-order valence-electron chi connectivity index (χ0n) is 18.4. The van der Waals surface area contributed by atoms with Gasteiger partial charge in [-0.25, -0.2) is 4.79 Å². The third-order valence-corrected chi connectivity index (χ3v) is 5.88. The molecule has 1 aliphatic heterocycles. The van der Waals surface area contributed by atoms with Crippen molar-refractivity contribution in [3.8, 4) is 16.9 Å². The molecule has 1 aliphatic rings. The second-order valence-electron chi connectivity index (χ2n) is 8.21. The maximum absolute atomic E-state index is 12.7. The van der Waals surface area contributed by atoms with Gasteiger partial charge in [-0.1, -0.05) is 63.3 Å². The molecule has 0 aromatic heterocycles. The number of carboxylic acids is 1. The molecule has 1 atom stereocenters. The summed E-state index contributed by atoms with van der Waals surface area (Å²) in [6, 6.07) is 14.7. The molecule has 0 unspecified atom stereocenters. The second-order valence-corrected chi connectivity index (χ2v) is 8.21. The summed E-state index contributed by atoms with van der Waals surface area (Å²) in [4.78, 5) is 25.5. The van der Waals surface area contributed by atoms with E-state index < -0.39 is 12.0 Å². The summed E-state index contributed by atoms with van der Waals surface area (Å²) in [5.41, 5.74) is 2.58. The maximum atomic E-state index is 12.7. The molecule has 2 aromatic rings. The van der Waals surface area contributed by atoms with Crippen molar-refractivity contribution in [1.82, 2.24) is 4.90 Å². The lowest BCUT2D eigenvalue weighted by molar-refractivity contribution is -0.141. The van der Waals surface area contributed by atoms with Crippen LogP contribution in [0, 0.1) is 0 Å². The van der Waals surface area contributed by atoms with Crippen LogP contribution in [-0.2, 0) is 4.79 Å². The highest BCUT2D eigenvalue weighted by molar-refractivity contribution is 5.97. The van der Waals surface area contributed by atoms with Crippen LogP contribution >= 0.6 is 0 Å². The third-order valence-electron chi connectivity index (χ3n) is 5.88. The SMILES string of the molecule is CCCCCCCCOc1ccc(-c2ccc(C(=O)N3CCC[C@H]3C(=O)O)cc2)cc1. The van der Waals surface area contributed by atoms with Crippen molar-refractivity contribution in [2.75, 3.05) is 13.2 Å². The van der Waals surface area contributed by atoms with Crippen LogP contribution in [0.15, 0.2) is 48.5 Å². The van der Waals surface area contributed by atoms with Gasteiger partial charge in [-0.3, -0.25) is 4.79 Å². The van der Waals surface area contributed by atoms with Crippen LogP contribution in [0.3, 0.4) is 0 Å². The number of benzene rings is 2. The highest BCUT2D eigenvalue weighted by Crippen LogP contribution is 2.25. The summed E-state index contributed by atoms with van der Waals surface area (Å²) >= 11 is 0. The van der Waals surface area contributed by atoms with Gasteiger partial charge in [0.05, 0.1) is 6.61 Å². The van der Waals surface area contributed by atoms with E-state index in [-0.39, 0.29) is 5.91 Å². The minimum Gasteiger partial charge on any atom is -0.494 e. The highest BCUT2D eigenvalue weighted by atomic mass is 16.5. The zero-order valence-corrected chi connectivity index (χ0v) is 18.4. The van der Waals surface area contributed by atoms with Crippen LogP contribution < -0.4 is 4.74 Å². The lowest BCUT2D eigenvalue weighted by atomic mass is 10.0. The summed E-state index contributed by atoms with van der Waals surface area (Å²) in [6.07, 6.45) is 8.73. The van der Waals surface area contributed by atoms with Crippen molar-refractivity contribution in [2.45, 2.75) is 64.3 Å². The van der Waals surface area contributed by atoms with Crippen LogP contribution in [0.4, 0.5) is 0 Å². The van der Waals surface area contributed by atoms with Crippen LogP contribution in [0.2, 0.25) is 0 Å². The van der Waals surface area contributed by atoms with Crippen LogP contribution in [0.1, 0.15) is 68.6 Å². The Morgan fingerprint density at radius 1 is 0.935 bits per heavy atom. The number of likely N-dealkylation sites (tertiary alicyclic amines) is 1. The monoisotopic (exact) mass is 423 g/mol. The molecule has 3 rings (SSSR count). The van der Waals surface area contributed by atoms with E-state index in [4.69, 9.17) is 4.74 Å². The van der Waals surface area contributed by atoms with Crippen molar-refractivity contribution in [1.29, 1.82) is 0 Å². The molecule has 1 amide bonds. The number of nitrogens with zero attached hydrogens (tertiary/aromatic N) is 1. The first-order valence-electron chi connectivity index (χ1n) is 11.5. The highest BCUT2D eigenvalue weighted by Gasteiger charge is 2.34. The minimum atomic E-state index is -0.929. The summed E-state index contributed by atoms with van der Waals surface area (Å²) < 4.78 is 5.84. The summed E-state index contributed by atoms with van der Waals surface area (Å²) in [6.45, 7) is 3.47. The van der Waals surface area contributed by atoms with E-state index >= 15 is 0 Å². The molecule has 5 heteroatoms. The number of hydrogen-bond acceptors (Lipinski definition) is 3. The molecule has 0 aliphatic carbocycles. The van der Waals surface area contributed by atoms with Gasteiger partial charge in [0.15, 0.2) is 0 Å². The van der Waals surface area contributed by atoms with Gasteiger partial charge in [0.25, 0.3) is 5.91 Å². The lowest BCUT2D eigenvalue weighted by Gasteiger charge is -2.21. The van der Waals surface area contributed by atoms with Gasteiger partial charge < -0.3 is 14.7 Å². The molecular formula is C26H33NO4. The van der Waals surface area contributed by atoms with Crippen molar-refractivity contribution >= 4 is 11.9 Å². The summed E-state index contributed by atoms with van der Waals surface area (Å²) in [7, 11) is 0. The van der Waals surface area contributed by atoms with Gasteiger partial charge in [0, 0.05) is 12.1 Å². The van der Waals surface area contributed by atoms with Gasteiger partial charge in [0.1, 0.15) is 11.8 Å². The molecule has 1 saturated heterocycles. The number of aliphatic carboxylic acids is 1. The predicted octanol–water partition coefficient (Wildman–Crippen LogP) is 5.78. The van der Waals surface area contributed by atoms with E-state index in [1.165, 1.54) is 37.0 Å². The van der Waals surface area contributed by atoms with E-state index in [1.54, 1.807) is 12.1 Å². The standard InChI is InChI=1S/C26H33NO4/c1-2-3-4-5-6-7-19-31-23-16-14-21(15-17-23)20-10-12-22(13-11-20)25(28)27-18-8-9-24(27)26(29)30/h10-17,24H,2-9,18-19H2,1H3,(H,29,30)/t24-/m0/s1. The molecule has 0 spiro atoms. The molecule has 1 heterocycles. The quantitative estimate of drug-likeness (QED) is 0.465. The molecular weight excluding hydrogens is 390 g/mol. The number of hydrogen-bond donors (Lipinski definition) is 1. The van der Waals surface area contributed by atoms with Crippen molar-refractivity contribution in [3.63, 3.8) is 0 Å². The fourth-order valence-electron chi connectivity index (χ4n) is 4.05. The van der Waals surface area contributed by atoms with Gasteiger partial charge in [0.2, 0.25) is 0 Å². The topological polar surface area (TPSA) is 66.8 Å². The molecule has 2 aromatic carbocycles. The fraction of sp³-hybridized carbons (Fsp3) is 0.462. The van der Waals surface area contributed by atoms with E-state index in [0.717, 1.165) is 36.3 Å². The van der Waals surface area contributed by atoms with Crippen LogP contribution in [-0.4, -0.2) is 41.1 Å². The molecule has 5 nitrogen and oxygen atoms in total. The molecule has 0 saturated carbocycles. The number of unbranched alkanes of at least 4 members (excludes halogenated alkanes) is 5. The van der Waals surface area contributed by atoms with E-state index in [0.29, 0.717) is 18.5 Å². The Kier molecular flexibility index (Phi) is 8.51. The Hall–Kier alpha value is -2.82. The number of rotatable bonds is 11. The van der Waals surface area contributed by atoms with E-state index in [2.05, 4.69) is 6.92 Å². The number of carboxylic acid groups (broad SMARTS) is 1. The fourth-order valence-corrected chi connectivity index (χ4v) is 4.05. The number of carbonyl (C=O) groups is 2. The van der Waals surface area contributed by atoms with Crippen molar-refractivity contribution < 1.29 is 19.4 Å². The summed E-state index contributed by atoms with van der Waals surface area (Å²) in [5, 5.41) is 9.30. The average molecular weight is 424 g/mol. The molecule has 0 bridgehead atoms. The Balaban J connectivity index is 1.51. The van der Waals surface area contributed by atoms with Gasteiger partial charge in [-0.15, -0.1) is 0 Å². The number of ether oxygens (including phenoxy) is 1. The first kappa shape index (κ1) is 22.9. The van der Waals surface area contributed by atoms with Crippen LogP contribution in [0.25, 0.3) is 11.1 Å². The van der Waals surface area contributed by atoms with Gasteiger partial charge >= 0.3 is 5.97 Å². The van der Waals surface area contributed by atoms with Gasteiger partial charge in [-0.05, 0) is 54.7 Å². The molecule has 1 fully saturated rings. The predicted molar refractivity (Wildman–Crippen MR) is 122 cm³/mol. The van der Waals surface area contributed by atoms with Crippen molar-refractivity contribution in [2.24, 2.45) is 0 Å². The second kappa shape index (κ2) is 11.5. The van der Waals surface area contributed by atoms with Crippen molar-refractivity contribution in [3.05, 3.63) is 54.1 Å². The molecule has 31 heavy (non-hydrogen) atoms. The molecule has 1 N–H and O–H groups in total. The molecule has 0 radical (unpaired) electrons. The van der Waals surface area contributed by atoms with Crippen LogP contribution in [0.5, 0.6) is 5.75 Å². The minimum absolute atomic E-state index is 0.213. The Morgan fingerprint density at radius 2 is 1.55 bits per heavy atom. The maximum Gasteiger partial charge on any atom is 0.326 e.